The van der Waals surface area contributed by atoms with Crippen LogP contribution in [-0.2, 0) is 19.0 Å². The van der Waals surface area contributed by atoms with E-state index in [9.17, 15) is 31.4 Å². The van der Waals surface area contributed by atoms with Gasteiger partial charge in [-0.15, -0.1) is 0 Å². The SMILES string of the molecule is Oc1cccc(OCc2ccc(C(F)(F)F)c(C(F)(F)F)c2)c1. The third-order valence-corrected chi connectivity index (χ3v) is 2.92. The minimum Gasteiger partial charge on any atom is -0.508 e. The van der Waals surface area contributed by atoms with E-state index in [1.807, 2.05) is 0 Å². The van der Waals surface area contributed by atoms with Crippen molar-refractivity contribution in [2.75, 3.05) is 0 Å². The average Bonchev–Trinajstić information content (AvgIpc) is 2.43. The third-order valence-electron chi connectivity index (χ3n) is 2.92. The molecule has 1 N–H and O–H groups in total. The summed E-state index contributed by atoms with van der Waals surface area (Å²) in [5.41, 5.74) is -3.58. The van der Waals surface area contributed by atoms with Crippen LogP contribution in [0.5, 0.6) is 11.5 Å². The highest BCUT2D eigenvalue weighted by Gasteiger charge is 2.43. The summed E-state index contributed by atoms with van der Waals surface area (Å²) in [5, 5.41) is 9.23. The van der Waals surface area contributed by atoms with Gasteiger partial charge in [0.05, 0.1) is 11.1 Å². The second-order valence-electron chi connectivity index (χ2n) is 4.66. The van der Waals surface area contributed by atoms with Crippen LogP contribution in [0.3, 0.4) is 0 Å². The van der Waals surface area contributed by atoms with Gasteiger partial charge in [0.1, 0.15) is 18.1 Å². The number of halogens is 6. The molecule has 0 aliphatic carbocycles. The Kier molecular flexibility index (Phi) is 4.44. The summed E-state index contributed by atoms with van der Waals surface area (Å²) in [6.45, 7) is -0.370. The van der Waals surface area contributed by atoms with E-state index in [1.165, 1.54) is 24.3 Å². The molecule has 0 aliphatic rings. The van der Waals surface area contributed by atoms with Crippen molar-refractivity contribution in [1.29, 1.82) is 0 Å². The van der Waals surface area contributed by atoms with Gasteiger partial charge in [0.25, 0.3) is 0 Å². The standard InChI is InChI=1S/C15H10F6O2/c16-14(17,18)12-5-4-9(6-13(12)15(19,20)21)8-23-11-3-1-2-10(22)7-11/h1-7,22H,8H2. The van der Waals surface area contributed by atoms with Crippen LogP contribution in [0.25, 0.3) is 0 Å². The maximum Gasteiger partial charge on any atom is 0.417 e. The highest BCUT2D eigenvalue weighted by atomic mass is 19.4. The van der Waals surface area contributed by atoms with Gasteiger partial charge >= 0.3 is 12.4 Å². The highest BCUT2D eigenvalue weighted by molar-refractivity contribution is 5.37. The molecule has 0 aromatic heterocycles. The number of phenolic OH excluding ortho intramolecular Hbond substituents is 1. The molecule has 0 saturated carbocycles. The number of aromatic hydroxyl groups is 1. The fraction of sp³-hybridized carbons (Fsp3) is 0.200. The van der Waals surface area contributed by atoms with Crippen LogP contribution in [0.1, 0.15) is 16.7 Å². The van der Waals surface area contributed by atoms with Crippen LogP contribution in [0.2, 0.25) is 0 Å². The fourth-order valence-electron chi connectivity index (χ4n) is 1.90. The molecule has 2 rings (SSSR count). The quantitative estimate of drug-likeness (QED) is 0.799. The zero-order valence-corrected chi connectivity index (χ0v) is 11.4. The topological polar surface area (TPSA) is 29.5 Å². The normalized spacial score (nSPS) is 12.3. The molecule has 0 unspecified atom stereocenters. The zero-order chi connectivity index (χ0) is 17.3. The lowest BCUT2D eigenvalue weighted by Crippen LogP contribution is -2.17. The number of hydrogen-bond acceptors (Lipinski definition) is 2. The van der Waals surface area contributed by atoms with Crippen LogP contribution in [0.4, 0.5) is 26.3 Å². The summed E-state index contributed by atoms with van der Waals surface area (Å²) in [6, 6.07) is 7.21. The average molecular weight is 336 g/mol. The first-order valence-corrected chi connectivity index (χ1v) is 6.26. The Morgan fingerprint density at radius 2 is 1.48 bits per heavy atom. The Morgan fingerprint density at radius 1 is 0.826 bits per heavy atom. The third kappa shape index (κ3) is 4.30. The van der Waals surface area contributed by atoms with Gasteiger partial charge in [-0.25, -0.2) is 0 Å². The predicted octanol–water partition coefficient (Wildman–Crippen LogP) is 5.01. The van der Waals surface area contributed by atoms with Gasteiger partial charge in [-0.3, -0.25) is 0 Å². The molecule has 0 atom stereocenters. The van der Waals surface area contributed by atoms with Crippen molar-refractivity contribution >= 4 is 0 Å². The van der Waals surface area contributed by atoms with E-state index < -0.39 is 23.5 Å². The van der Waals surface area contributed by atoms with Crippen molar-refractivity contribution < 1.29 is 36.2 Å². The maximum atomic E-state index is 12.8. The number of phenols is 1. The van der Waals surface area contributed by atoms with Crippen molar-refractivity contribution in [2.24, 2.45) is 0 Å². The lowest BCUT2D eigenvalue weighted by Gasteiger charge is -2.16. The van der Waals surface area contributed by atoms with Gasteiger partial charge in [0, 0.05) is 6.07 Å². The molecule has 2 nitrogen and oxygen atoms in total. The molecule has 0 aliphatic heterocycles. The Bertz CT molecular complexity index is 691. The molecule has 8 heteroatoms. The van der Waals surface area contributed by atoms with E-state index in [4.69, 9.17) is 4.74 Å². The summed E-state index contributed by atoms with van der Waals surface area (Å²) >= 11 is 0. The molecular formula is C15H10F6O2. The predicted molar refractivity (Wildman–Crippen MR) is 68.9 cm³/mol. The molecule has 2 aromatic rings. The molecule has 0 spiro atoms. The molecule has 0 heterocycles. The molecule has 0 amide bonds. The summed E-state index contributed by atoms with van der Waals surface area (Å²) in [6.07, 6.45) is -10.2. The summed E-state index contributed by atoms with van der Waals surface area (Å²) < 4.78 is 81.5. The van der Waals surface area contributed by atoms with Gasteiger partial charge in [0.15, 0.2) is 0 Å². The fourth-order valence-corrected chi connectivity index (χ4v) is 1.90. The first-order valence-electron chi connectivity index (χ1n) is 6.26. The summed E-state index contributed by atoms with van der Waals surface area (Å²) in [7, 11) is 0. The highest BCUT2D eigenvalue weighted by Crippen LogP contribution is 2.40. The van der Waals surface area contributed by atoms with Crippen LogP contribution < -0.4 is 4.74 Å². The van der Waals surface area contributed by atoms with Crippen molar-refractivity contribution in [2.45, 2.75) is 19.0 Å². The molecule has 124 valence electrons. The molecule has 0 saturated heterocycles. The monoisotopic (exact) mass is 336 g/mol. The van der Waals surface area contributed by atoms with Gasteiger partial charge in [-0.1, -0.05) is 12.1 Å². The molecule has 23 heavy (non-hydrogen) atoms. The van der Waals surface area contributed by atoms with Gasteiger partial charge in [-0.05, 0) is 29.8 Å². The first kappa shape index (κ1) is 17.0. The number of hydrogen-bond donors (Lipinski definition) is 1. The van der Waals surface area contributed by atoms with Gasteiger partial charge in [0.2, 0.25) is 0 Å². The van der Waals surface area contributed by atoms with E-state index in [-0.39, 0.29) is 23.7 Å². The minimum atomic E-state index is -5.13. The zero-order valence-electron chi connectivity index (χ0n) is 11.4. The van der Waals surface area contributed by atoms with Crippen molar-refractivity contribution in [1.82, 2.24) is 0 Å². The Morgan fingerprint density at radius 3 is 2.04 bits per heavy atom. The molecule has 0 bridgehead atoms. The minimum absolute atomic E-state index is 0.0753. The molecule has 0 fully saturated rings. The van der Waals surface area contributed by atoms with Gasteiger partial charge < -0.3 is 9.84 Å². The van der Waals surface area contributed by atoms with E-state index in [0.29, 0.717) is 12.1 Å². The molecule has 0 radical (unpaired) electrons. The second kappa shape index (κ2) is 6.02. The lowest BCUT2D eigenvalue weighted by atomic mass is 10.0. The van der Waals surface area contributed by atoms with Crippen molar-refractivity contribution in [3.63, 3.8) is 0 Å². The summed E-state index contributed by atoms with van der Waals surface area (Å²) in [4.78, 5) is 0. The largest absolute Gasteiger partial charge is 0.508 e. The van der Waals surface area contributed by atoms with Crippen LogP contribution in [-0.4, -0.2) is 5.11 Å². The lowest BCUT2D eigenvalue weighted by molar-refractivity contribution is -0.162. The van der Waals surface area contributed by atoms with Crippen molar-refractivity contribution in [3.8, 4) is 11.5 Å². The van der Waals surface area contributed by atoms with E-state index in [0.717, 1.165) is 6.07 Å². The number of rotatable bonds is 3. The summed E-state index contributed by atoms with van der Waals surface area (Å²) in [5.74, 6) is 0.0735. The maximum absolute atomic E-state index is 12.8. The second-order valence-corrected chi connectivity index (χ2v) is 4.66. The number of benzene rings is 2. The first-order chi connectivity index (χ1) is 10.6. The Labute approximate surface area is 126 Å². The Hall–Kier alpha value is -2.38. The molecular weight excluding hydrogens is 326 g/mol. The van der Waals surface area contributed by atoms with E-state index in [2.05, 4.69) is 0 Å². The molecule has 2 aromatic carbocycles. The number of ether oxygens (including phenoxy) is 1. The van der Waals surface area contributed by atoms with Crippen LogP contribution in [0, 0.1) is 0 Å². The smallest absolute Gasteiger partial charge is 0.417 e. The van der Waals surface area contributed by atoms with E-state index >= 15 is 0 Å². The van der Waals surface area contributed by atoms with Gasteiger partial charge in [-0.2, -0.15) is 26.3 Å². The van der Waals surface area contributed by atoms with Crippen LogP contribution >= 0.6 is 0 Å². The Balaban J connectivity index is 2.27. The van der Waals surface area contributed by atoms with E-state index in [1.54, 1.807) is 0 Å². The van der Waals surface area contributed by atoms with Crippen molar-refractivity contribution in [3.05, 3.63) is 59.2 Å². The van der Waals surface area contributed by atoms with Crippen LogP contribution in [0.15, 0.2) is 42.5 Å². The number of alkyl halides is 6.